The third-order valence-electron chi connectivity index (χ3n) is 4.92. The lowest BCUT2D eigenvalue weighted by molar-refractivity contribution is 0.0702. The number of anilines is 1. The van der Waals surface area contributed by atoms with Crippen molar-refractivity contribution in [3.8, 4) is 0 Å². The van der Waals surface area contributed by atoms with E-state index in [2.05, 4.69) is 32.5 Å². The Bertz CT molecular complexity index is 894. The van der Waals surface area contributed by atoms with Gasteiger partial charge in [0.15, 0.2) is 0 Å². The molecule has 0 unspecified atom stereocenters. The Morgan fingerprint density at radius 2 is 2.08 bits per heavy atom. The molecule has 0 aromatic carbocycles. The molecule has 0 radical (unpaired) electrons. The lowest BCUT2D eigenvalue weighted by Crippen LogP contribution is -2.46. The molecule has 0 atom stereocenters. The van der Waals surface area contributed by atoms with Crippen LogP contribution in [-0.2, 0) is 7.05 Å². The van der Waals surface area contributed by atoms with Crippen molar-refractivity contribution in [2.24, 2.45) is 7.05 Å². The van der Waals surface area contributed by atoms with E-state index in [1.54, 1.807) is 28.3 Å². The maximum absolute atomic E-state index is 12.6. The summed E-state index contributed by atoms with van der Waals surface area (Å²) in [7, 11) is 3.71. The second-order valence-corrected chi connectivity index (χ2v) is 7.42. The van der Waals surface area contributed by atoms with Gasteiger partial charge in [-0.05, 0) is 36.4 Å². The van der Waals surface area contributed by atoms with Crippen LogP contribution in [0.5, 0.6) is 0 Å². The molecule has 1 aliphatic heterocycles. The number of hydrogen-bond donors (Lipinski definition) is 0. The van der Waals surface area contributed by atoms with Crippen LogP contribution in [0.1, 0.15) is 23.3 Å². The highest BCUT2D eigenvalue weighted by molar-refractivity contribution is 7.17. The Balaban J connectivity index is 1.44. The molecule has 130 valence electrons. The number of pyridine rings is 1. The minimum atomic E-state index is -0.00267. The van der Waals surface area contributed by atoms with Crippen LogP contribution in [0.4, 0.5) is 5.82 Å². The molecule has 1 amide bonds. The van der Waals surface area contributed by atoms with Crippen molar-refractivity contribution in [2.75, 3.05) is 25.0 Å². The van der Waals surface area contributed by atoms with E-state index in [1.807, 2.05) is 25.2 Å². The second-order valence-electron chi connectivity index (χ2n) is 6.48. The third-order valence-corrected chi connectivity index (χ3v) is 5.81. The van der Waals surface area contributed by atoms with Crippen molar-refractivity contribution < 1.29 is 4.79 Å². The molecular weight excluding hydrogens is 334 g/mol. The van der Waals surface area contributed by atoms with Gasteiger partial charge in [0.2, 0.25) is 0 Å². The van der Waals surface area contributed by atoms with Gasteiger partial charge in [-0.3, -0.25) is 9.48 Å². The normalized spacial score (nSPS) is 15.7. The summed E-state index contributed by atoms with van der Waals surface area (Å²) in [6.45, 7) is 1.82. The molecule has 1 fully saturated rings. The monoisotopic (exact) mass is 355 g/mol. The van der Waals surface area contributed by atoms with Crippen molar-refractivity contribution >= 4 is 33.1 Å². The number of carbonyl (C=O) groups excluding carboxylic acids is 1. The SMILES string of the molecule is CN(C(=O)c1ccn(C)n1)C1CCN(c2nccc3sccc23)CC1. The number of piperidine rings is 1. The summed E-state index contributed by atoms with van der Waals surface area (Å²) in [4.78, 5) is 21.4. The van der Waals surface area contributed by atoms with Gasteiger partial charge in [-0.1, -0.05) is 0 Å². The molecular formula is C18H21N5OS. The van der Waals surface area contributed by atoms with Crippen molar-refractivity contribution in [2.45, 2.75) is 18.9 Å². The topological polar surface area (TPSA) is 54.3 Å². The minimum Gasteiger partial charge on any atom is -0.356 e. The van der Waals surface area contributed by atoms with E-state index in [9.17, 15) is 4.79 Å². The first kappa shape index (κ1) is 16.1. The smallest absolute Gasteiger partial charge is 0.274 e. The molecule has 25 heavy (non-hydrogen) atoms. The predicted molar refractivity (Wildman–Crippen MR) is 100 cm³/mol. The van der Waals surface area contributed by atoms with E-state index >= 15 is 0 Å². The fraction of sp³-hybridized carbons (Fsp3) is 0.389. The highest BCUT2D eigenvalue weighted by Crippen LogP contribution is 2.30. The van der Waals surface area contributed by atoms with Crippen LogP contribution in [0.15, 0.2) is 36.0 Å². The molecule has 1 saturated heterocycles. The third kappa shape index (κ3) is 3.00. The van der Waals surface area contributed by atoms with E-state index in [1.165, 1.54) is 10.1 Å². The summed E-state index contributed by atoms with van der Waals surface area (Å²) >= 11 is 1.75. The average molecular weight is 355 g/mol. The first-order valence-corrected chi connectivity index (χ1v) is 9.35. The number of aromatic nitrogens is 3. The summed E-state index contributed by atoms with van der Waals surface area (Å²) in [5.41, 5.74) is 0.511. The maximum atomic E-state index is 12.6. The molecule has 3 aromatic heterocycles. The molecule has 3 aromatic rings. The van der Waals surface area contributed by atoms with Gasteiger partial charge >= 0.3 is 0 Å². The van der Waals surface area contributed by atoms with Crippen LogP contribution in [0.3, 0.4) is 0 Å². The largest absolute Gasteiger partial charge is 0.356 e. The van der Waals surface area contributed by atoms with Crippen LogP contribution in [0.2, 0.25) is 0 Å². The molecule has 0 spiro atoms. The quantitative estimate of drug-likeness (QED) is 0.725. The van der Waals surface area contributed by atoms with Gasteiger partial charge in [-0.25, -0.2) is 4.98 Å². The Labute approximate surface area is 150 Å². The molecule has 6 nitrogen and oxygen atoms in total. The Morgan fingerprint density at radius 3 is 2.80 bits per heavy atom. The number of carbonyl (C=O) groups is 1. The molecule has 0 bridgehead atoms. The number of thiophene rings is 1. The number of fused-ring (bicyclic) bond motifs is 1. The fourth-order valence-electron chi connectivity index (χ4n) is 3.47. The summed E-state index contributed by atoms with van der Waals surface area (Å²) in [6, 6.07) is 6.22. The van der Waals surface area contributed by atoms with Gasteiger partial charge in [0.05, 0.1) is 0 Å². The summed E-state index contributed by atoms with van der Waals surface area (Å²) in [5, 5.41) is 7.56. The molecule has 0 aliphatic carbocycles. The zero-order chi connectivity index (χ0) is 17.4. The van der Waals surface area contributed by atoms with E-state index in [0.717, 1.165) is 31.7 Å². The zero-order valence-electron chi connectivity index (χ0n) is 14.4. The first-order valence-electron chi connectivity index (χ1n) is 8.47. The predicted octanol–water partition coefficient (Wildman–Crippen LogP) is 2.77. The van der Waals surface area contributed by atoms with Crippen molar-refractivity contribution in [1.82, 2.24) is 19.7 Å². The van der Waals surface area contributed by atoms with Gasteiger partial charge < -0.3 is 9.80 Å². The number of nitrogens with zero attached hydrogens (tertiary/aromatic N) is 5. The number of rotatable bonds is 3. The van der Waals surface area contributed by atoms with E-state index in [-0.39, 0.29) is 11.9 Å². The number of hydrogen-bond acceptors (Lipinski definition) is 5. The first-order chi connectivity index (χ1) is 12.1. The van der Waals surface area contributed by atoms with Crippen LogP contribution in [-0.4, -0.2) is 51.8 Å². The lowest BCUT2D eigenvalue weighted by Gasteiger charge is -2.37. The van der Waals surface area contributed by atoms with Gasteiger partial charge in [0.1, 0.15) is 11.5 Å². The highest BCUT2D eigenvalue weighted by Gasteiger charge is 2.28. The number of amides is 1. The van der Waals surface area contributed by atoms with Crippen molar-refractivity contribution in [3.63, 3.8) is 0 Å². The van der Waals surface area contributed by atoms with Gasteiger partial charge in [-0.15, -0.1) is 11.3 Å². The van der Waals surface area contributed by atoms with Gasteiger partial charge in [-0.2, -0.15) is 5.10 Å². The number of aryl methyl sites for hydroxylation is 1. The van der Waals surface area contributed by atoms with E-state index in [0.29, 0.717) is 5.69 Å². The van der Waals surface area contributed by atoms with Crippen LogP contribution < -0.4 is 4.90 Å². The Morgan fingerprint density at radius 1 is 1.28 bits per heavy atom. The molecule has 0 saturated carbocycles. The molecule has 4 rings (SSSR count). The summed E-state index contributed by atoms with van der Waals surface area (Å²) < 4.78 is 2.94. The molecule has 1 aliphatic rings. The minimum absolute atomic E-state index is 0.00267. The molecule has 4 heterocycles. The van der Waals surface area contributed by atoms with E-state index in [4.69, 9.17) is 0 Å². The fourth-order valence-corrected chi connectivity index (χ4v) is 4.25. The average Bonchev–Trinajstić information content (AvgIpc) is 3.29. The van der Waals surface area contributed by atoms with Crippen LogP contribution in [0, 0.1) is 0 Å². The molecule has 7 heteroatoms. The summed E-state index contributed by atoms with van der Waals surface area (Å²) in [6.07, 6.45) is 5.57. The Hall–Kier alpha value is -2.41. The van der Waals surface area contributed by atoms with E-state index < -0.39 is 0 Å². The Kier molecular flexibility index (Phi) is 4.17. The van der Waals surface area contributed by atoms with Crippen molar-refractivity contribution in [3.05, 3.63) is 41.7 Å². The zero-order valence-corrected chi connectivity index (χ0v) is 15.2. The summed E-state index contributed by atoms with van der Waals surface area (Å²) in [5.74, 6) is 1.06. The van der Waals surface area contributed by atoms with Crippen molar-refractivity contribution in [1.29, 1.82) is 0 Å². The standard InChI is InChI=1S/C18H21N5OS/c1-21-9-6-15(20-21)18(24)22(2)13-4-10-23(11-5-13)17-14-7-12-25-16(14)3-8-19-17/h3,6-9,12-13H,4-5,10-11H2,1-2H3. The lowest BCUT2D eigenvalue weighted by atomic mass is 10.0. The van der Waals surface area contributed by atoms with Crippen LogP contribution in [0.25, 0.3) is 10.1 Å². The van der Waals surface area contributed by atoms with Gasteiger partial charge in [0, 0.05) is 55.7 Å². The second kappa shape index (κ2) is 6.48. The maximum Gasteiger partial charge on any atom is 0.274 e. The molecule has 0 N–H and O–H groups in total. The van der Waals surface area contributed by atoms with Crippen LogP contribution >= 0.6 is 11.3 Å². The highest BCUT2D eigenvalue weighted by atomic mass is 32.1. The van der Waals surface area contributed by atoms with Gasteiger partial charge in [0.25, 0.3) is 5.91 Å².